The van der Waals surface area contributed by atoms with Crippen molar-refractivity contribution >= 4 is 37.0 Å². The molecule has 110 valence electrons. The van der Waals surface area contributed by atoms with E-state index in [4.69, 9.17) is 0 Å². The Hall–Kier alpha value is -1.47. The second kappa shape index (κ2) is 4.78. The van der Waals surface area contributed by atoms with E-state index in [0.29, 0.717) is 5.65 Å². The molecule has 0 saturated carbocycles. The molecule has 0 N–H and O–H groups in total. The summed E-state index contributed by atoms with van der Waals surface area (Å²) in [5.41, 5.74) is 0.373. The number of fused-ring (bicyclic) bond motifs is 1. The summed E-state index contributed by atoms with van der Waals surface area (Å²) in [7, 11) is -3.76. The van der Waals surface area contributed by atoms with E-state index in [1.165, 1.54) is 18.3 Å². The molecule has 0 bridgehead atoms. The molecule has 4 nitrogen and oxygen atoms in total. The number of hydrogen-bond donors (Lipinski definition) is 0. The van der Waals surface area contributed by atoms with Crippen LogP contribution in [0.4, 0.5) is 4.39 Å². The van der Waals surface area contributed by atoms with Crippen LogP contribution < -0.4 is 0 Å². The van der Waals surface area contributed by atoms with Gasteiger partial charge in [-0.2, -0.15) is 0 Å². The van der Waals surface area contributed by atoms with Crippen molar-refractivity contribution in [2.24, 2.45) is 0 Å². The highest BCUT2D eigenvalue weighted by Crippen LogP contribution is 2.37. The number of pyridine rings is 1. The minimum atomic E-state index is -3.76. The Morgan fingerprint density at radius 3 is 2.90 bits per heavy atom. The van der Waals surface area contributed by atoms with Gasteiger partial charge in [0.25, 0.3) is 0 Å². The molecule has 0 radical (unpaired) electrons. The molecular formula is C14H12BrFN2O2S. The molecule has 0 amide bonds. The van der Waals surface area contributed by atoms with Crippen LogP contribution in [0.3, 0.4) is 0 Å². The van der Waals surface area contributed by atoms with Crippen LogP contribution in [-0.4, -0.2) is 22.1 Å². The second-order valence-corrected chi connectivity index (χ2v) is 8.22. The van der Waals surface area contributed by atoms with Gasteiger partial charge in [-0.15, -0.1) is 0 Å². The van der Waals surface area contributed by atoms with Crippen molar-refractivity contribution in [1.29, 1.82) is 0 Å². The van der Waals surface area contributed by atoms with E-state index in [1.807, 2.05) is 0 Å². The van der Waals surface area contributed by atoms with Crippen molar-refractivity contribution in [1.82, 2.24) is 8.96 Å². The molecule has 3 rings (SSSR count). The van der Waals surface area contributed by atoms with E-state index in [9.17, 15) is 12.8 Å². The highest BCUT2D eigenvalue weighted by Gasteiger charge is 2.41. The summed E-state index contributed by atoms with van der Waals surface area (Å²) < 4.78 is 39.4. The summed E-state index contributed by atoms with van der Waals surface area (Å²) in [6, 6.07) is 5.24. The van der Waals surface area contributed by atoms with Crippen molar-refractivity contribution in [3.63, 3.8) is 0 Å². The summed E-state index contributed by atoms with van der Waals surface area (Å²) >= 11 is 3.06. The molecule has 1 atom stereocenters. The van der Waals surface area contributed by atoms with Crippen LogP contribution in [0.1, 0.15) is 13.3 Å². The van der Waals surface area contributed by atoms with Gasteiger partial charge < -0.3 is 0 Å². The van der Waals surface area contributed by atoms with Gasteiger partial charge in [0, 0.05) is 17.8 Å². The van der Waals surface area contributed by atoms with Gasteiger partial charge in [-0.1, -0.05) is 0 Å². The third-order valence-corrected chi connectivity index (χ3v) is 6.49. The van der Waals surface area contributed by atoms with Gasteiger partial charge in [-0.3, -0.25) is 0 Å². The van der Waals surface area contributed by atoms with Crippen LogP contribution in [0.2, 0.25) is 0 Å². The first-order chi connectivity index (χ1) is 9.85. The lowest BCUT2D eigenvalue weighted by atomic mass is 10.0. The number of rotatable bonds is 2. The predicted molar refractivity (Wildman–Crippen MR) is 83.3 cm³/mol. The largest absolute Gasteiger partial charge is 0.249 e. The maximum absolute atomic E-state index is 13.4. The Kier molecular flexibility index (Phi) is 3.29. The van der Waals surface area contributed by atoms with Crippen LogP contribution in [0, 0.1) is 0 Å². The highest BCUT2D eigenvalue weighted by molar-refractivity contribution is 9.12. The van der Waals surface area contributed by atoms with Gasteiger partial charge >= 0.3 is 0 Å². The van der Waals surface area contributed by atoms with Gasteiger partial charge in [-0.25, -0.2) is 21.8 Å². The first-order valence-corrected chi connectivity index (χ1v) is 8.50. The van der Waals surface area contributed by atoms with Gasteiger partial charge in [0.05, 0.1) is 4.48 Å². The molecule has 1 unspecified atom stereocenters. The molecule has 21 heavy (non-hydrogen) atoms. The Morgan fingerprint density at radius 2 is 2.19 bits per heavy atom. The molecule has 7 heteroatoms. The molecule has 2 aromatic rings. The summed E-state index contributed by atoms with van der Waals surface area (Å²) in [5, 5.41) is 0.741. The minimum absolute atomic E-state index is 0.0722. The Morgan fingerprint density at radius 1 is 1.43 bits per heavy atom. The lowest BCUT2D eigenvalue weighted by Crippen LogP contribution is -2.38. The zero-order chi connectivity index (χ0) is 15.3. The Balaban J connectivity index is 2.18. The van der Waals surface area contributed by atoms with Gasteiger partial charge in [0.15, 0.2) is 5.65 Å². The molecular weight excluding hydrogens is 359 g/mol. The molecule has 0 aromatic carbocycles. The number of hydrogen-bond acceptors (Lipinski definition) is 3. The fourth-order valence-corrected chi connectivity index (χ4v) is 4.76. The van der Waals surface area contributed by atoms with Crippen LogP contribution in [0.15, 0.2) is 53.1 Å². The summed E-state index contributed by atoms with van der Waals surface area (Å²) in [5.74, 6) is -0.446. The van der Waals surface area contributed by atoms with E-state index in [2.05, 4.69) is 20.9 Å². The molecule has 1 aliphatic rings. The van der Waals surface area contributed by atoms with E-state index in [1.54, 1.807) is 31.3 Å². The molecule has 1 aliphatic carbocycles. The highest BCUT2D eigenvalue weighted by atomic mass is 79.9. The topological polar surface area (TPSA) is 52.0 Å². The van der Waals surface area contributed by atoms with E-state index < -0.39 is 20.6 Å². The molecule has 2 heterocycles. The maximum atomic E-state index is 13.4. The SMILES string of the molecule is CC1(S(=O)(=O)n2ccc3cccnc32)C=C(Br)C(F)=CC1. The minimum Gasteiger partial charge on any atom is -0.237 e. The lowest BCUT2D eigenvalue weighted by Gasteiger charge is -2.28. The van der Waals surface area contributed by atoms with Gasteiger partial charge in [-0.05, 0) is 59.6 Å². The van der Waals surface area contributed by atoms with Crippen molar-refractivity contribution in [2.75, 3.05) is 0 Å². The average Bonchev–Trinajstić information content (AvgIpc) is 2.87. The van der Waals surface area contributed by atoms with Crippen LogP contribution in [0.25, 0.3) is 11.0 Å². The number of allylic oxidation sites excluding steroid dienone is 3. The molecule has 0 saturated heterocycles. The number of halogens is 2. The fraction of sp³-hybridized carbons (Fsp3) is 0.214. The average molecular weight is 371 g/mol. The zero-order valence-corrected chi connectivity index (χ0v) is 13.5. The van der Waals surface area contributed by atoms with E-state index >= 15 is 0 Å². The van der Waals surface area contributed by atoms with Crippen molar-refractivity contribution < 1.29 is 12.8 Å². The smallest absolute Gasteiger partial charge is 0.237 e. The molecule has 2 aromatic heterocycles. The van der Waals surface area contributed by atoms with Gasteiger partial charge in [0.2, 0.25) is 10.0 Å². The normalized spacial score (nSPS) is 23.0. The van der Waals surface area contributed by atoms with Crippen molar-refractivity contribution in [2.45, 2.75) is 18.1 Å². The maximum Gasteiger partial charge on any atom is 0.249 e. The molecule has 0 fully saturated rings. The van der Waals surface area contributed by atoms with Crippen molar-refractivity contribution in [3.05, 3.63) is 53.1 Å². The van der Waals surface area contributed by atoms with E-state index in [-0.39, 0.29) is 10.9 Å². The number of aromatic nitrogens is 2. The van der Waals surface area contributed by atoms with Crippen LogP contribution >= 0.6 is 15.9 Å². The fourth-order valence-electron chi connectivity index (χ4n) is 2.33. The van der Waals surface area contributed by atoms with Crippen LogP contribution in [-0.2, 0) is 10.0 Å². The Labute approximate surface area is 130 Å². The standard InChI is InChI=1S/C14H12BrFN2O2S/c1-14(6-4-12(16)11(15)9-14)21(19,20)18-8-5-10-3-2-7-17-13(10)18/h2-5,7-9H,6H2,1H3. The summed E-state index contributed by atoms with van der Waals surface area (Å²) in [6.07, 6.45) is 5.77. The summed E-state index contributed by atoms with van der Waals surface area (Å²) in [4.78, 5) is 4.13. The first kappa shape index (κ1) is 14.5. The lowest BCUT2D eigenvalue weighted by molar-refractivity contribution is 0.548. The third-order valence-electron chi connectivity index (χ3n) is 3.61. The molecule has 0 aliphatic heterocycles. The van der Waals surface area contributed by atoms with Gasteiger partial charge in [0.1, 0.15) is 10.6 Å². The second-order valence-electron chi connectivity index (χ2n) is 5.09. The Bertz CT molecular complexity index is 885. The van der Waals surface area contributed by atoms with Crippen molar-refractivity contribution in [3.8, 4) is 0 Å². The monoisotopic (exact) mass is 370 g/mol. The quantitative estimate of drug-likeness (QED) is 0.812. The number of nitrogens with zero attached hydrogens (tertiary/aromatic N) is 2. The predicted octanol–water partition coefficient (Wildman–Crippen LogP) is 3.51. The van der Waals surface area contributed by atoms with Crippen LogP contribution in [0.5, 0.6) is 0 Å². The summed E-state index contributed by atoms with van der Waals surface area (Å²) in [6.45, 7) is 1.57. The third kappa shape index (κ3) is 2.15. The molecule has 0 spiro atoms. The zero-order valence-electron chi connectivity index (χ0n) is 11.1. The van der Waals surface area contributed by atoms with E-state index in [0.717, 1.165) is 9.36 Å². The first-order valence-electron chi connectivity index (χ1n) is 6.27.